The number of fused-ring (bicyclic) bond motifs is 1. The van der Waals surface area contributed by atoms with Crippen molar-refractivity contribution in [3.8, 4) is 0 Å². The van der Waals surface area contributed by atoms with Crippen molar-refractivity contribution in [3.05, 3.63) is 35.4 Å². The summed E-state index contributed by atoms with van der Waals surface area (Å²) in [6, 6.07) is 8.44. The molecule has 1 atom stereocenters. The molecule has 2 rings (SSSR count). The van der Waals surface area contributed by atoms with Crippen molar-refractivity contribution in [3.63, 3.8) is 0 Å². The summed E-state index contributed by atoms with van der Waals surface area (Å²) in [6.45, 7) is 1.68. The van der Waals surface area contributed by atoms with Crippen LogP contribution in [0.1, 0.15) is 30.5 Å². The van der Waals surface area contributed by atoms with Crippen LogP contribution in [0.5, 0.6) is 0 Å². The fraction of sp³-hybridized carbons (Fsp3) is 0.500. The average molecular weight is 239 g/mol. The third-order valence-electron chi connectivity index (χ3n) is 3.12. The third kappa shape index (κ3) is 2.44. The van der Waals surface area contributed by atoms with E-state index in [1.807, 2.05) is 12.1 Å². The zero-order valence-electron chi connectivity index (χ0n) is 9.44. The molecule has 1 unspecified atom stereocenters. The van der Waals surface area contributed by atoms with Gasteiger partial charge in [-0.1, -0.05) is 31.2 Å². The van der Waals surface area contributed by atoms with Crippen molar-refractivity contribution < 1.29 is 8.42 Å². The van der Waals surface area contributed by atoms with Gasteiger partial charge >= 0.3 is 0 Å². The number of hydrogen-bond acceptors (Lipinski definition) is 3. The lowest BCUT2D eigenvalue weighted by Gasteiger charge is -2.13. The molecule has 1 aliphatic carbocycles. The molecule has 0 amide bonds. The van der Waals surface area contributed by atoms with Gasteiger partial charge in [0.15, 0.2) is 9.84 Å². The molecule has 3 nitrogen and oxygen atoms in total. The van der Waals surface area contributed by atoms with E-state index in [1.165, 1.54) is 11.1 Å². The Balaban J connectivity index is 2.04. The van der Waals surface area contributed by atoms with Crippen molar-refractivity contribution in [2.24, 2.45) is 0 Å². The Bertz CT molecular complexity index is 468. The molecular weight excluding hydrogens is 222 g/mol. The lowest BCUT2D eigenvalue weighted by Crippen LogP contribution is -2.27. The SMILES string of the molecule is CCS(=O)(=O)CNC1CCc2ccccc21. The van der Waals surface area contributed by atoms with E-state index in [-0.39, 0.29) is 17.7 Å². The topological polar surface area (TPSA) is 46.2 Å². The first-order valence-electron chi connectivity index (χ1n) is 5.64. The number of aryl methyl sites for hydroxylation is 1. The van der Waals surface area contributed by atoms with Crippen LogP contribution in [0.25, 0.3) is 0 Å². The van der Waals surface area contributed by atoms with Gasteiger partial charge in [-0.3, -0.25) is 5.32 Å². The van der Waals surface area contributed by atoms with Gasteiger partial charge in [0.25, 0.3) is 0 Å². The maximum Gasteiger partial charge on any atom is 0.162 e. The maximum absolute atomic E-state index is 11.4. The molecule has 88 valence electrons. The van der Waals surface area contributed by atoms with Crippen LogP contribution in [-0.2, 0) is 16.3 Å². The molecule has 0 aromatic heterocycles. The summed E-state index contributed by atoms with van der Waals surface area (Å²) in [7, 11) is -2.92. The van der Waals surface area contributed by atoms with Crippen LogP contribution in [0.15, 0.2) is 24.3 Å². The van der Waals surface area contributed by atoms with Gasteiger partial charge < -0.3 is 0 Å². The van der Waals surface area contributed by atoms with Crippen molar-refractivity contribution in [1.82, 2.24) is 5.32 Å². The van der Waals surface area contributed by atoms with E-state index < -0.39 is 9.84 Å². The van der Waals surface area contributed by atoms with Gasteiger partial charge in [-0.2, -0.15) is 0 Å². The van der Waals surface area contributed by atoms with Gasteiger partial charge in [0.05, 0.1) is 5.88 Å². The van der Waals surface area contributed by atoms with Crippen LogP contribution in [0, 0.1) is 0 Å². The normalized spacial score (nSPS) is 19.7. The Hall–Kier alpha value is -0.870. The fourth-order valence-corrected chi connectivity index (χ4v) is 2.76. The summed E-state index contributed by atoms with van der Waals surface area (Å²) in [5.41, 5.74) is 2.60. The minimum Gasteiger partial charge on any atom is -0.297 e. The van der Waals surface area contributed by atoms with Crippen LogP contribution >= 0.6 is 0 Å². The first-order valence-corrected chi connectivity index (χ1v) is 7.46. The quantitative estimate of drug-likeness (QED) is 0.869. The van der Waals surface area contributed by atoms with E-state index in [0.717, 1.165) is 12.8 Å². The van der Waals surface area contributed by atoms with Crippen molar-refractivity contribution in [1.29, 1.82) is 0 Å². The minimum atomic E-state index is -2.92. The van der Waals surface area contributed by atoms with Gasteiger partial charge in [0, 0.05) is 11.8 Å². The number of hydrogen-bond donors (Lipinski definition) is 1. The molecule has 16 heavy (non-hydrogen) atoms. The zero-order chi connectivity index (χ0) is 11.6. The number of nitrogens with one attached hydrogen (secondary N) is 1. The predicted molar refractivity (Wildman–Crippen MR) is 65.0 cm³/mol. The Morgan fingerprint density at radius 2 is 2.12 bits per heavy atom. The second-order valence-electron chi connectivity index (χ2n) is 4.17. The lowest BCUT2D eigenvalue weighted by molar-refractivity contribution is 0.548. The Morgan fingerprint density at radius 1 is 1.38 bits per heavy atom. The van der Waals surface area contributed by atoms with Crippen molar-refractivity contribution in [2.75, 3.05) is 11.6 Å². The molecule has 4 heteroatoms. The molecule has 1 N–H and O–H groups in total. The lowest BCUT2D eigenvalue weighted by atomic mass is 10.1. The van der Waals surface area contributed by atoms with Crippen LogP contribution in [0.4, 0.5) is 0 Å². The number of rotatable bonds is 4. The van der Waals surface area contributed by atoms with Gasteiger partial charge in [-0.25, -0.2) is 8.42 Å². The van der Waals surface area contributed by atoms with Crippen molar-refractivity contribution >= 4 is 9.84 Å². The molecule has 1 aromatic carbocycles. The smallest absolute Gasteiger partial charge is 0.162 e. The van der Waals surface area contributed by atoms with E-state index in [1.54, 1.807) is 6.92 Å². The summed E-state index contributed by atoms with van der Waals surface area (Å²) in [5.74, 6) is 0.289. The number of benzene rings is 1. The second kappa shape index (κ2) is 4.55. The molecule has 1 aliphatic rings. The summed E-state index contributed by atoms with van der Waals surface area (Å²) in [5, 5.41) is 3.14. The van der Waals surface area contributed by atoms with E-state index in [9.17, 15) is 8.42 Å². The molecule has 0 spiro atoms. The molecule has 0 saturated carbocycles. The van der Waals surface area contributed by atoms with Gasteiger partial charge in [-0.05, 0) is 24.0 Å². The maximum atomic E-state index is 11.4. The highest BCUT2D eigenvalue weighted by atomic mass is 32.2. The Labute approximate surface area is 96.8 Å². The summed E-state index contributed by atoms with van der Waals surface area (Å²) in [4.78, 5) is 0. The zero-order valence-corrected chi connectivity index (χ0v) is 10.3. The molecule has 1 aromatic rings. The highest BCUT2D eigenvalue weighted by Crippen LogP contribution is 2.30. The van der Waals surface area contributed by atoms with Gasteiger partial charge in [-0.15, -0.1) is 0 Å². The largest absolute Gasteiger partial charge is 0.297 e. The molecular formula is C12H17NO2S. The van der Waals surface area contributed by atoms with Crippen molar-refractivity contribution in [2.45, 2.75) is 25.8 Å². The van der Waals surface area contributed by atoms with E-state index >= 15 is 0 Å². The standard InChI is InChI=1S/C12H17NO2S/c1-2-16(14,15)9-13-12-8-7-10-5-3-4-6-11(10)12/h3-6,12-13H,2,7-9H2,1H3. The summed E-state index contributed by atoms with van der Waals surface area (Å²) in [6.07, 6.45) is 2.04. The fourth-order valence-electron chi connectivity index (χ4n) is 2.10. The Morgan fingerprint density at radius 3 is 2.88 bits per heavy atom. The molecule has 0 aliphatic heterocycles. The average Bonchev–Trinajstić information content (AvgIpc) is 2.70. The minimum absolute atomic E-state index is 0.0858. The molecule has 0 fully saturated rings. The highest BCUT2D eigenvalue weighted by Gasteiger charge is 2.22. The molecule has 0 saturated heterocycles. The van der Waals surface area contributed by atoms with Gasteiger partial charge in [0.2, 0.25) is 0 Å². The van der Waals surface area contributed by atoms with Crippen LogP contribution < -0.4 is 5.32 Å². The van der Waals surface area contributed by atoms with E-state index in [0.29, 0.717) is 0 Å². The monoisotopic (exact) mass is 239 g/mol. The highest BCUT2D eigenvalue weighted by molar-refractivity contribution is 7.91. The first-order chi connectivity index (χ1) is 7.62. The number of sulfone groups is 1. The molecule has 0 radical (unpaired) electrons. The third-order valence-corrected chi connectivity index (χ3v) is 4.61. The van der Waals surface area contributed by atoms with E-state index in [4.69, 9.17) is 0 Å². The van der Waals surface area contributed by atoms with E-state index in [2.05, 4.69) is 17.4 Å². The van der Waals surface area contributed by atoms with Crippen LogP contribution in [-0.4, -0.2) is 20.0 Å². The second-order valence-corrected chi connectivity index (χ2v) is 6.52. The van der Waals surface area contributed by atoms with Gasteiger partial charge in [0.1, 0.15) is 0 Å². The molecule has 0 heterocycles. The summed E-state index contributed by atoms with van der Waals surface area (Å²) < 4.78 is 22.8. The first kappa shape index (κ1) is 11.6. The summed E-state index contributed by atoms with van der Waals surface area (Å²) >= 11 is 0. The predicted octanol–water partition coefficient (Wildman–Crippen LogP) is 1.66. The Kier molecular flexibility index (Phi) is 3.30. The van der Waals surface area contributed by atoms with Crippen LogP contribution in [0.2, 0.25) is 0 Å². The molecule has 0 bridgehead atoms. The van der Waals surface area contributed by atoms with Crippen LogP contribution in [0.3, 0.4) is 0 Å².